The molecule has 3 aromatic rings. The number of carbonyl (C=O) groups is 5. The Bertz CT molecular complexity index is 2390. The van der Waals surface area contributed by atoms with Gasteiger partial charge in [-0.1, -0.05) is 30.3 Å². The lowest BCUT2D eigenvalue weighted by Gasteiger charge is -2.39. The van der Waals surface area contributed by atoms with Crippen LogP contribution in [-0.2, 0) is 33.3 Å². The second-order valence-corrected chi connectivity index (χ2v) is 15.8. The van der Waals surface area contributed by atoms with Crippen LogP contribution in [0.5, 0.6) is 17.2 Å². The van der Waals surface area contributed by atoms with Gasteiger partial charge in [0.25, 0.3) is 11.8 Å². The molecule has 5 amide bonds. The Kier molecular flexibility index (Phi) is 15.2. The number of hydrogen-bond acceptors (Lipinski definition) is 16. The first kappa shape index (κ1) is 45.8. The highest BCUT2D eigenvalue weighted by atomic mass is 16.6. The first-order valence-electron chi connectivity index (χ1n) is 22.0. The summed E-state index contributed by atoms with van der Waals surface area (Å²) in [4.78, 5) is 75.0. The lowest BCUT2D eigenvalue weighted by atomic mass is 10.0. The van der Waals surface area contributed by atoms with Gasteiger partial charge in [0, 0.05) is 31.6 Å². The Hall–Kier alpha value is -6.77. The molecule has 4 N–H and O–H groups in total. The van der Waals surface area contributed by atoms with Crippen molar-refractivity contribution in [2.75, 3.05) is 72.6 Å². The number of likely N-dealkylation sites (tertiary alicyclic amines) is 1. The van der Waals surface area contributed by atoms with Crippen LogP contribution < -0.4 is 25.9 Å². The Morgan fingerprint density at radius 2 is 1.52 bits per heavy atom. The maximum atomic E-state index is 13.2. The van der Waals surface area contributed by atoms with Crippen molar-refractivity contribution in [3.05, 3.63) is 107 Å². The molecule has 5 aliphatic heterocycles. The summed E-state index contributed by atoms with van der Waals surface area (Å²) in [5.74, 6) is -0.345. The quantitative estimate of drug-likeness (QED) is 0.0795. The van der Waals surface area contributed by atoms with Crippen LogP contribution in [0.1, 0.15) is 52.0 Å². The van der Waals surface area contributed by atoms with Gasteiger partial charge < -0.3 is 44.5 Å². The van der Waals surface area contributed by atoms with Gasteiger partial charge in [-0.3, -0.25) is 34.2 Å². The lowest BCUT2D eigenvalue weighted by Crippen LogP contribution is -2.55. The molecular formula is C47H52N8O11. The van der Waals surface area contributed by atoms with Crippen molar-refractivity contribution in [3.63, 3.8) is 0 Å². The number of carbonyl (C=O) groups excluding carboxylic acids is 5. The second kappa shape index (κ2) is 21.9. The van der Waals surface area contributed by atoms with E-state index in [1.807, 2.05) is 59.5 Å². The van der Waals surface area contributed by atoms with Gasteiger partial charge in [0.05, 0.1) is 75.3 Å². The minimum atomic E-state index is -1.05. The Labute approximate surface area is 381 Å². The van der Waals surface area contributed by atoms with Crippen LogP contribution in [0.15, 0.2) is 101 Å². The number of aliphatic imine (C=N–C) groups is 2. The third kappa shape index (κ3) is 10.8. The van der Waals surface area contributed by atoms with Crippen molar-refractivity contribution < 1.29 is 52.4 Å². The van der Waals surface area contributed by atoms with E-state index in [4.69, 9.17) is 34.2 Å². The summed E-state index contributed by atoms with van der Waals surface area (Å²) >= 11 is 0. The van der Waals surface area contributed by atoms with Gasteiger partial charge in [-0.2, -0.15) is 5.01 Å². The number of benzene rings is 3. The smallest absolute Gasteiger partial charge is 0.266 e. The zero-order valence-corrected chi connectivity index (χ0v) is 36.3. The second-order valence-electron chi connectivity index (χ2n) is 15.8. The van der Waals surface area contributed by atoms with E-state index < -0.39 is 29.7 Å². The van der Waals surface area contributed by atoms with Crippen LogP contribution in [0.3, 0.4) is 0 Å². The van der Waals surface area contributed by atoms with Crippen LogP contribution >= 0.6 is 0 Å². The monoisotopic (exact) mass is 904 g/mol. The van der Waals surface area contributed by atoms with Crippen LogP contribution in [0, 0.1) is 0 Å². The Balaban J connectivity index is 0.671. The predicted octanol–water partition coefficient (Wildman–Crippen LogP) is 2.83. The number of hydrazine groups is 1. The lowest BCUT2D eigenvalue weighted by molar-refractivity contribution is -0.136. The van der Waals surface area contributed by atoms with Crippen molar-refractivity contribution in [1.29, 1.82) is 0 Å². The highest BCUT2D eigenvalue weighted by molar-refractivity contribution is 6.24. The van der Waals surface area contributed by atoms with Gasteiger partial charge >= 0.3 is 0 Å². The molecule has 19 nitrogen and oxygen atoms in total. The number of fused-ring (bicyclic) bond motifs is 2. The van der Waals surface area contributed by atoms with Crippen molar-refractivity contribution in [2.24, 2.45) is 15.7 Å². The number of nitrogens with one attached hydrogen (secondary N) is 2. The molecule has 0 aliphatic carbocycles. The number of para-hydroxylation sites is 1. The number of imide groups is 2. The molecule has 5 heterocycles. The first-order valence-corrected chi connectivity index (χ1v) is 22.0. The Morgan fingerprint density at radius 1 is 0.803 bits per heavy atom. The molecule has 0 saturated carbocycles. The van der Waals surface area contributed by atoms with E-state index in [2.05, 4.69) is 25.7 Å². The summed E-state index contributed by atoms with van der Waals surface area (Å²) in [6.07, 6.45) is 6.20. The number of piperidine rings is 2. The third-order valence-electron chi connectivity index (χ3n) is 11.4. The van der Waals surface area contributed by atoms with Crippen molar-refractivity contribution >= 4 is 47.4 Å². The fourth-order valence-electron chi connectivity index (χ4n) is 8.24. The van der Waals surface area contributed by atoms with Crippen molar-refractivity contribution in [2.45, 2.75) is 43.9 Å². The van der Waals surface area contributed by atoms with Gasteiger partial charge in [0.15, 0.2) is 6.17 Å². The van der Waals surface area contributed by atoms with E-state index in [1.165, 1.54) is 12.4 Å². The highest BCUT2D eigenvalue weighted by Gasteiger charge is 2.46. The van der Waals surface area contributed by atoms with E-state index in [0.29, 0.717) is 64.3 Å². The molecule has 0 aromatic heterocycles. The Morgan fingerprint density at radius 3 is 2.26 bits per heavy atom. The maximum absolute atomic E-state index is 13.2. The zero-order chi connectivity index (χ0) is 45.8. The topological polar surface area (TPSA) is 225 Å². The van der Waals surface area contributed by atoms with E-state index >= 15 is 0 Å². The van der Waals surface area contributed by atoms with Crippen LogP contribution in [0.25, 0.3) is 5.70 Å². The minimum Gasteiger partial charge on any atom is -0.490 e. The highest BCUT2D eigenvalue weighted by Crippen LogP contribution is 2.36. The molecule has 66 heavy (non-hydrogen) atoms. The standard InChI is InChI=1S/C47H52N8O11/c48-43-41-42(31-13-15-34(16-14-31)66-33-8-2-1-3-9-33)52-55(44(41)50-30-49-43)32-7-5-19-53(29-32)39(57)12-6-20-61-21-22-62-23-24-63-25-26-64-27-28-65-37-11-4-10-35-40(37)47(60)54(46(35)59)36-17-18-38(56)51-45(36)58/h1-4,6,8-16,30,32,36,44,52H,5,7,17-29H2,(H2,48,49,50)(H,51,56,58)/b12-6+. The first-order chi connectivity index (χ1) is 32.3. The summed E-state index contributed by atoms with van der Waals surface area (Å²) in [5, 5.41) is 4.27. The molecule has 2 fully saturated rings. The van der Waals surface area contributed by atoms with Crippen LogP contribution in [-0.4, -0.2) is 147 Å². The molecular weight excluding hydrogens is 853 g/mol. The molecule has 8 rings (SSSR count). The average molecular weight is 905 g/mol. The van der Waals surface area contributed by atoms with E-state index in [0.717, 1.165) is 40.3 Å². The molecule has 0 bridgehead atoms. The van der Waals surface area contributed by atoms with Gasteiger partial charge in [-0.25, -0.2) is 9.98 Å². The van der Waals surface area contributed by atoms with Gasteiger partial charge in [-0.15, -0.1) is 0 Å². The molecule has 0 radical (unpaired) electrons. The normalized spacial score (nSPS) is 20.7. The summed E-state index contributed by atoms with van der Waals surface area (Å²) < 4.78 is 34.1. The minimum absolute atomic E-state index is 0.0173. The van der Waals surface area contributed by atoms with E-state index in [1.54, 1.807) is 24.3 Å². The summed E-state index contributed by atoms with van der Waals surface area (Å²) in [6.45, 7) is 3.82. The molecule has 3 aromatic carbocycles. The summed E-state index contributed by atoms with van der Waals surface area (Å²) in [7, 11) is 0. The molecule has 2 saturated heterocycles. The molecule has 3 atom stereocenters. The van der Waals surface area contributed by atoms with Crippen LogP contribution in [0.4, 0.5) is 0 Å². The van der Waals surface area contributed by atoms with Gasteiger partial charge in [0.2, 0.25) is 17.7 Å². The molecule has 5 aliphatic rings. The fraction of sp³-hybridized carbons (Fsp3) is 0.383. The van der Waals surface area contributed by atoms with Gasteiger partial charge in [0.1, 0.15) is 42.1 Å². The number of rotatable bonds is 21. The number of nitrogens with two attached hydrogens (primary N) is 1. The van der Waals surface area contributed by atoms with Crippen LogP contribution in [0.2, 0.25) is 0 Å². The number of amidine groups is 1. The van der Waals surface area contributed by atoms with Crippen molar-refractivity contribution in [1.82, 2.24) is 25.6 Å². The average Bonchev–Trinajstić information content (AvgIpc) is 3.85. The van der Waals surface area contributed by atoms with Crippen molar-refractivity contribution in [3.8, 4) is 17.2 Å². The predicted molar refractivity (Wildman–Crippen MR) is 239 cm³/mol. The van der Waals surface area contributed by atoms with E-state index in [9.17, 15) is 24.0 Å². The maximum Gasteiger partial charge on any atom is 0.266 e. The molecule has 0 spiro atoms. The number of amides is 5. The largest absolute Gasteiger partial charge is 0.490 e. The number of hydrogen-bond donors (Lipinski definition) is 3. The zero-order valence-electron chi connectivity index (χ0n) is 36.3. The van der Waals surface area contributed by atoms with E-state index in [-0.39, 0.29) is 67.7 Å². The summed E-state index contributed by atoms with van der Waals surface area (Å²) in [6, 6.07) is 21.0. The fourth-order valence-corrected chi connectivity index (χ4v) is 8.24. The molecule has 346 valence electrons. The SMILES string of the molecule is NC1=NC=NC2C1=C(c1ccc(Oc3ccccc3)cc1)NN2C1CCCN(C(=O)/C=C/COCCOCCOCCOCCOc2cccc3c2C(=O)N(C2CCC(=O)NC2=O)C3=O)C1. The summed E-state index contributed by atoms with van der Waals surface area (Å²) in [5.41, 5.74) is 12.8. The number of ether oxygens (including phenoxy) is 6. The molecule has 3 unspecified atom stereocenters. The third-order valence-corrected chi connectivity index (χ3v) is 11.4. The van der Waals surface area contributed by atoms with Gasteiger partial charge in [-0.05, 0) is 73.4 Å². The number of nitrogens with zero attached hydrogens (tertiary/aromatic N) is 5. The molecule has 19 heteroatoms.